The van der Waals surface area contributed by atoms with Gasteiger partial charge in [0.05, 0.1) is 0 Å². The number of hydrogen-bond donors (Lipinski definition) is 4. The highest BCUT2D eigenvalue weighted by Gasteiger charge is 2.35. The molecule has 3 atom stereocenters. The van der Waals surface area contributed by atoms with Gasteiger partial charge in [-0.2, -0.15) is 0 Å². The molecule has 0 aliphatic heterocycles. The van der Waals surface area contributed by atoms with Crippen molar-refractivity contribution in [2.24, 2.45) is 17.8 Å². The fourth-order valence-electron chi connectivity index (χ4n) is 11.6. The number of carbonyl (C=O) groups is 6. The van der Waals surface area contributed by atoms with Gasteiger partial charge in [0.15, 0.2) is 0 Å². The second kappa shape index (κ2) is 67.3. The first kappa shape index (κ1) is 93.8. The van der Waals surface area contributed by atoms with E-state index in [2.05, 4.69) is 41.6 Å². The van der Waals surface area contributed by atoms with Crippen LogP contribution in [0.4, 0.5) is 0 Å². The molecule has 0 aromatic carbocycles. The van der Waals surface area contributed by atoms with Gasteiger partial charge in [0.25, 0.3) is 0 Å². The third kappa shape index (κ3) is 50.7. The van der Waals surface area contributed by atoms with Gasteiger partial charge >= 0.3 is 0 Å². The summed E-state index contributed by atoms with van der Waals surface area (Å²) in [6.45, 7) is 27.4. The van der Waals surface area contributed by atoms with Gasteiger partial charge < -0.3 is 45.2 Å². The van der Waals surface area contributed by atoms with E-state index in [0.717, 1.165) is 17.3 Å². The van der Waals surface area contributed by atoms with Gasteiger partial charge in [-0.25, -0.2) is 0 Å². The van der Waals surface area contributed by atoms with E-state index in [0.29, 0.717) is 115 Å². The summed E-state index contributed by atoms with van der Waals surface area (Å²) in [4.78, 5) is 92.9. The Morgan fingerprint density at radius 2 is 0.589 bits per heavy atom. The Balaban J connectivity index is 6.43. The number of rotatable bonds is 70. The average Bonchev–Trinajstić information content (AvgIpc) is 1.44. The number of hydrogen-bond acceptors (Lipinski definition) is 16. The maximum absolute atomic E-state index is 14.5. The quantitative estimate of drug-likeness (QED) is 0.0332. The summed E-state index contributed by atoms with van der Waals surface area (Å²) in [7, 11) is 10.7. The van der Waals surface area contributed by atoms with Gasteiger partial charge in [-0.05, 0) is 70.1 Å². The molecule has 4 N–H and O–H groups in total. The predicted molar refractivity (Wildman–Crippen MR) is 417 cm³/mol. The lowest BCUT2D eigenvalue weighted by Gasteiger charge is -2.35. The molecule has 560 valence electrons. The molecule has 3 unspecified atom stereocenters. The Hall–Kier alpha value is -1.24. The summed E-state index contributed by atoms with van der Waals surface area (Å²) in [5, 5.41) is 19.4. The number of nitrogens with zero attached hydrogens (tertiary/aromatic N) is 4. The molecule has 0 bridgehead atoms. The number of aliphatic hydroxyl groups excluding tert-OH is 1. The molecule has 0 spiro atoms. The summed E-state index contributed by atoms with van der Waals surface area (Å²) < 4.78 is 11.4. The van der Waals surface area contributed by atoms with Crippen LogP contribution in [0.15, 0.2) is 0 Å². The van der Waals surface area contributed by atoms with Crippen LogP contribution in [-0.2, 0) is 38.2 Å². The number of aliphatic hydroxyl groups is 1. The first-order chi connectivity index (χ1) is 46.1. The van der Waals surface area contributed by atoms with E-state index in [4.69, 9.17) is 9.47 Å². The second-order valence-corrected chi connectivity index (χ2v) is 34.4. The van der Waals surface area contributed by atoms with Crippen molar-refractivity contribution < 1.29 is 43.3 Å². The predicted octanol–water partition coefficient (Wildman–Crippen LogP) is 16.2. The SMILES string of the molecule is CCCCCCCCCCSSCCC(=O)N(CCCO)C(C(=O)NCCN(CCNC(=O)C(C(C)C)N(CCCOCC)C(=O)CCSSCCCCCCCCCC)CCNC(=O)C(C(C)C)N(CCCOCC)C(=O)CCSSCCCCCCCCCC)C(C)C. The van der Waals surface area contributed by atoms with E-state index in [1.54, 1.807) is 47.1 Å². The van der Waals surface area contributed by atoms with Crippen LogP contribution in [0.3, 0.4) is 0 Å². The molecule has 0 saturated heterocycles. The second-order valence-electron chi connectivity index (χ2n) is 26.3. The summed E-state index contributed by atoms with van der Waals surface area (Å²) in [5.41, 5.74) is 0. The van der Waals surface area contributed by atoms with E-state index < -0.39 is 18.1 Å². The van der Waals surface area contributed by atoms with Crippen LogP contribution in [0.25, 0.3) is 0 Å². The van der Waals surface area contributed by atoms with Crippen LogP contribution in [0, 0.1) is 17.8 Å². The van der Waals surface area contributed by atoms with Gasteiger partial charge in [-0.1, -0.05) is 262 Å². The van der Waals surface area contributed by atoms with Gasteiger partial charge in [-0.15, -0.1) is 0 Å². The van der Waals surface area contributed by atoms with Crippen LogP contribution >= 0.6 is 64.8 Å². The molecule has 16 nitrogen and oxygen atoms in total. The van der Waals surface area contributed by atoms with Crippen molar-refractivity contribution in [1.82, 2.24) is 35.6 Å². The highest BCUT2D eigenvalue weighted by Crippen LogP contribution is 2.28. The topological polar surface area (TPSA) is 190 Å². The van der Waals surface area contributed by atoms with E-state index >= 15 is 0 Å². The maximum Gasteiger partial charge on any atom is 0.243 e. The standard InChI is InChI=1S/C73H143N7O9S6/c1-12-17-20-23-26-29-32-35-56-90-93-59-41-65(82)78(47-38-53-81)68(62(6)7)71(85)74-44-50-77(51-45-75-72(86)69(63(8)9)79(48-39-54-88-15-4)66(83)42-60-94-91-57-36-33-30-27-24-21-18-13-2)52-46-76-73(87)70(64(10)11)80(49-40-55-89-16-5)67(84)43-61-95-92-58-37-34-31-28-25-22-19-14-3/h62-64,68-70,81H,12-61H2,1-11H3,(H,74,85)(H,75,86)(H,76,87). The van der Waals surface area contributed by atoms with Crippen molar-refractivity contribution in [3.8, 4) is 0 Å². The number of nitrogens with one attached hydrogen (secondary N) is 3. The molecule has 0 heterocycles. The lowest BCUT2D eigenvalue weighted by Crippen LogP contribution is -2.55. The van der Waals surface area contributed by atoms with Gasteiger partial charge in [-0.3, -0.25) is 33.7 Å². The minimum absolute atomic E-state index is 0.0429. The first-order valence-electron chi connectivity index (χ1n) is 38.0. The number of amides is 6. The normalized spacial score (nSPS) is 12.6. The molecule has 0 rings (SSSR count). The van der Waals surface area contributed by atoms with Crippen LogP contribution in [-0.4, -0.2) is 205 Å². The van der Waals surface area contributed by atoms with Gasteiger partial charge in [0.1, 0.15) is 18.1 Å². The van der Waals surface area contributed by atoms with Crippen molar-refractivity contribution >= 4 is 100 Å². The number of unbranched alkanes of at least 4 members (excludes halogenated alkanes) is 21. The van der Waals surface area contributed by atoms with E-state index in [1.165, 1.54) is 154 Å². The minimum atomic E-state index is -0.746. The van der Waals surface area contributed by atoms with Gasteiger partial charge in [0.2, 0.25) is 35.4 Å². The van der Waals surface area contributed by atoms with Crippen molar-refractivity contribution in [2.75, 3.05) is 126 Å². The zero-order chi connectivity index (χ0) is 70.4. The van der Waals surface area contributed by atoms with Crippen LogP contribution in [0.5, 0.6) is 0 Å². The highest BCUT2D eigenvalue weighted by molar-refractivity contribution is 8.77. The van der Waals surface area contributed by atoms with Crippen molar-refractivity contribution in [3.63, 3.8) is 0 Å². The fourth-order valence-corrected chi connectivity index (χ4v) is 18.0. The summed E-state index contributed by atoms with van der Waals surface area (Å²) in [6.07, 6.45) is 33.2. The van der Waals surface area contributed by atoms with E-state index in [1.807, 2.05) is 87.8 Å². The number of carbonyl (C=O) groups excluding carboxylic acids is 6. The average molecular weight is 1460 g/mol. The Labute approximate surface area is 606 Å². The first-order valence-corrected chi connectivity index (χ1v) is 45.5. The highest BCUT2D eigenvalue weighted by atomic mass is 33.1. The minimum Gasteiger partial charge on any atom is -0.396 e. The number of ether oxygens (including phenoxy) is 2. The van der Waals surface area contributed by atoms with Crippen LogP contribution < -0.4 is 16.0 Å². The van der Waals surface area contributed by atoms with E-state index in [-0.39, 0.29) is 86.0 Å². The van der Waals surface area contributed by atoms with Crippen molar-refractivity contribution in [3.05, 3.63) is 0 Å². The Kier molecular flexibility index (Phi) is 66.4. The molecular weight excluding hydrogens is 1310 g/mol. The Bertz CT molecular complexity index is 1770. The third-order valence-corrected chi connectivity index (χ3v) is 24.4. The van der Waals surface area contributed by atoms with Crippen molar-refractivity contribution in [2.45, 2.75) is 287 Å². The monoisotopic (exact) mass is 1450 g/mol. The fraction of sp³-hybridized carbons (Fsp3) is 0.918. The lowest BCUT2D eigenvalue weighted by atomic mass is 10.0. The van der Waals surface area contributed by atoms with Gasteiger partial charge in [0, 0.05) is 146 Å². The smallest absolute Gasteiger partial charge is 0.243 e. The van der Waals surface area contributed by atoms with Crippen molar-refractivity contribution in [1.29, 1.82) is 0 Å². The maximum atomic E-state index is 14.5. The lowest BCUT2D eigenvalue weighted by molar-refractivity contribution is -0.142. The molecule has 0 aliphatic carbocycles. The summed E-state index contributed by atoms with van der Waals surface area (Å²) >= 11 is 0. The molecule has 0 aromatic rings. The molecular formula is C73H143N7O9S6. The molecule has 6 amide bonds. The Morgan fingerprint density at radius 3 is 0.842 bits per heavy atom. The molecule has 22 heteroatoms. The van der Waals surface area contributed by atoms with Crippen LogP contribution in [0.1, 0.15) is 269 Å². The summed E-state index contributed by atoms with van der Waals surface area (Å²) in [6, 6.07) is -2.14. The molecule has 0 saturated carbocycles. The third-order valence-electron chi connectivity index (χ3n) is 16.9. The zero-order valence-electron chi connectivity index (χ0n) is 62.3. The largest absolute Gasteiger partial charge is 0.396 e. The zero-order valence-corrected chi connectivity index (χ0v) is 67.2. The molecule has 95 heavy (non-hydrogen) atoms. The molecule has 0 fully saturated rings. The Morgan fingerprint density at radius 1 is 0.337 bits per heavy atom. The molecule has 0 aromatic heterocycles. The molecule has 0 radical (unpaired) electrons. The van der Waals surface area contributed by atoms with E-state index in [9.17, 15) is 33.9 Å². The van der Waals surface area contributed by atoms with Crippen LogP contribution in [0.2, 0.25) is 0 Å². The summed E-state index contributed by atoms with van der Waals surface area (Å²) in [5.74, 6) is 3.69. The molecule has 0 aliphatic rings.